The Morgan fingerprint density at radius 1 is 1.36 bits per heavy atom. The number of anilines is 2. The monoisotopic (exact) mass is 206 g/mol. The van der Waals surface area contributed by atoms with E-state index in [1.54, 1.807) is 23.6 Å². The van der Waals surface area contributed by atoms with Crippen LogP contribution in [0.15, 0.2) is 30.0 Å². The van der Waals surface area contributed by atoms with Gasteiger partial charge in [0.1, 0.15) is 5.82 Å². The zero-order valence-electron chi connectivity index (χ0n) is 7.47. The molecule has 3 N–H and O–H groups in total. The van der Waals surface area contributed by atoms with Gasteiger partial charge in [0.15, 0.2) is 0 Å². The van der Waals surface area contributed by atoms with Gasteiger partial charge in [-0.25, -0.2) is 4.98 Å². The average Bonchev–Trinajstić information content (AvgIpc) is 2.70. The van der Waals surface area contributed by atoms with Gasteiger partial charge < -0.3 is 11.1 Å². The van der Waals surface area contributed by atoms with Gasteiger partial charge in [-0.3, -0.25) is 4.98 Å². The van der Waals surface area contributed by atoms with Crippen LogP contribution in [0.5, 0.6) is 0 Å². The van der Waals surface area contributed by atoms with Crippen molar-refractivity contribution in [3.8, 4) is 0 Å². The number of nitrogen functional groups attached to an aromatic ring is 1. The maximum absolute atomic E-state index is 5.47. The second-order valence-corrected chi connectivity index (χ2v) is 3.76. The molecule has 5 heteroatoms. The van der Waals surface area contributed by atoms with Gasteiger partial charge in [-0.05, 0) is 12.1 Å². The van der Waals surface area contributed by atoms with Gasteiger partial charge in [-0.1, -0.05) is 0 Å². The molecule has 0 spiro atoms. The molecule has 2 aromatic heterocycles. The van der Waals surface area contributed by atoms with Crippen LogP contribution in [0.1, 0.15) is 4.88 Å². The molecule has 0 amide bonds. The number of pyridine rings is 1. The van der Waals surface area contributed by atoms with Crippen LogP contribution in [-0.4, -0.2) is 9.97 Å². The predicted octanol–water partition coefficient (Wildman–Crippen LogP) is 1.73. The number of nitrogens with zero attached hydrogens (tertiary/aromatic N) is 2. The van der Waals surface area contributed by atoms with Crippen LogP contribution in [-0.2, 0) is 6.54 Å². The first kappa shape index (κ1) is 8.96. The van der Waals surface area contributed by atoms with Crippen molar-refractivity contribution in [1.82, 2.24) is 9.97 Å². The third-order valence-corrected chi connectivity index (χ3v) is 2.52. The standard InChI is InChI=1S/C9H10N4S/c10-9-2-1-7(3-13-9)12-5-8-4-11-6-14-8/h1-4,6,12H,5H2,(H2,10,13). The van der Waals surface area contributed by atoms with E-state index in [4.69, 9.17) is 5.73 Å². The summed E-state index contributed by atoms with van der Waals surface area (Å²) in [6, 6.07) is 3.68. The molecule has 0 radical (unpaired) electrons. The van der Waals surface area contributed by atoms with Crippen LogP contribution in [0.2, 0.25) is 0 Å². The van der Waals surface area contributed by atoms with Crippen molar-refractivity contribution in [1.29, 1.82) is 0 Å². The minimum absolute atomic E-state index is 0.536. The van der Waals surface area contributed by atoms with Crippen LogP contribution >= 0.6 is 11.3 Å². The molecular formula is C9H10N4S. The molecule has 0 aliphatic rings. The zero-order valence-corrected chi connectivity index (χ0v) is 8.29. The van der Waals surface area contributed by atoms with Crippen LogP contribution in [0.3, 0.4) is 0 Å². The molecule has 0 fully saturated rings. The van der Waals surface area contributed by atoms with Gasteiger partial charge in [0.25, 0.3) is 0 Å². The van der Waals surface area contributed by atoms with Crippen LogP contribution in [0.4, 0.5) is 11.5 Å². The van der Waals surface area contributed by atoms with E-state index in [1.165, 1.54) is 4.88 Å². The highest BCUT2D eigenvalue weighted by Crippen LogP contribution is 2.11. The number of aromatic nitrogens is 2. The summed E-state index contributed by atoms with van der Waals surface area (Å²) in [6.07, 6.45) is 3.57. The Balaban J connectivity index is 1.95. The van der Waals surface area contributed by atoms with Crippen molar-refractivity contribution in [2.45, 2.75) is 6.54 Å². The summed E-state index contributed by atoms with van der Waals surface area (Å²) in [5, 5.41) is 3.23. The molecule has 2 aromatic rings. The predicted molar refractivity (Wildman–Crippen MR) is 58.1 cm³/mol. The molecule has 0 unspecified atom stereocenters. The maximum atomic E-state index is 5.47. The lowest BCUT2D eigenvalue weighted by molar-refractivity contribution is 1.16. The molecule has 0 saturated heterocycles. The van der Waals surface area contributed by atoms with E-state index in [9.17, 15) is 0 Å². The van der Waals surface area contributed by atoms with Crippen molar-refractivity contribution in [3.05, 3.63) is 34.9 Å². The minimum atomic E-state index is 0.536. The summed E-state index contributed by atoms with van der Waals surface area (Å²) >= 11 is 1.63. The van der Waals surface area contributed by atoms with Crippen molar-refractivity contribution in [3.63, 3.8) is 0 Å². The van der Waals surface area contributed by atoms with E-state index in [2.05, 4.69) is 15.3 Å². The first-order valence-electron chi connectivity index (χ1n) is 4.17. The normalized spacial score (nSPS) is 10.0. The Labute approximate surface area is 85.8 Å². The third kappa shape index (κ3) is 2.20. The molecule has 4 nitrogen and oxygen atoms in total. The summed E-state index contributed by atoms with van der Waals surface area (Å²) in [4.78, 5) is 9.17. The number of rotatable bonds is 3. The molecule has 0 aliphatic carbocycles. The van der Waals surface area contributed by atoms with Crippen LogP contribution < -0.4 is 11.1 Å². The van der Waals surface area contributed by atoms with E-state index in [0.29, 0.717) is 5.82 Å². The van der Waals surface area contributed by atoms with Crippen molar-refractivity contribution in [2.24, 2.45) is 0 Å². The van der Waals surface area contributed by atoms with Crippen molar-refractivity contribution < 1.29 is 0 Å². The second kappa shape index (κ2) is 4.06. The fourth-order valence-corrected chi connectivity index (χ4v) is 1.56. The quantitative estimate of drug-likeness (QED) is 0.802. The Morgan fingerprint density at radius 2 is 2.29 bits per heavy atom. The number of thiazole rings is 1. The van der Waals surface area contributed by atoms with Gasteiger partial charge in [0.05, 0.1) is 23.9 Å². The summed E-state index contributed by atoms with van der Waals surface area (Å²) in [6.45, 7) is 0.774. The topological polar surface area (TPSA) is 63.8 Å². The van der Waals surface area contributed by atoms with E-state index >= 15 is 0 Å². The lowest BCUT2D eigenvalue weighted by Gasteiger charge is -2.03. The number of hydrogen-bond donors (Lipinski definition) is 2. The first-order chi connectivity index (χ1) is 6.84. The Hall–Kier alpha value is -1.62. The third-order valence-electron chi connectivity index (χ3n) is 1.74. The summed E-state index contributed by atoms with van der Waals surface area (Å²) in [7, 11) is 0. The van der Waals surface area contributed by atoms with Gasteiger partial charge in [0.2, 0.25) is 0 Å². The fourth-order valence-electron chi connectivity index (χ4n) is 1.03. The lowest BCUT2D eigenvalue weighted by Crippen LogP contribution is -1.98. The molecule has 2 heterocycles. The van der Waals surface area contributed by atoms with Crippen LogP contribution in [0, 0.1) is 0 Å². The van der Waals surface area contributed by atoms with E-state index in [0.717, 1.165) is 12.2 Å². The van der Waals surface area contributed by atoms with E-state index in [-0.39, 0.29) is 0 Å². The molecule has 0 aliphatic heterocycles. The summed E-state index contributed by atoms with van der Waals surface area (Å²) in [5.74, 6) is 0.536. The van der Waals surface area contributed by atoms with Crippen LogP contribution in [0.25, 0.3) is 0 Å². The zero-order chi connectivity index (χ0) is 9.80. The maximum Gasteiger partial charge on any atom is 0.123 e. The van der Waals surface area contributed by atoms with Gasteiger partial charge in [-0.15, -0.1) is 11.3 Å². The SMILES string of the molecule is Nc1ccc(NCc2cncs2)cn1. The molecular weight excluding hydrogens is 196 g/mol. The fraction of sp³-hybridized carbons (Fsp3) is 0.111. The highest BCUT2D eigenvalue weighted by Gasteiger charge is 1.95. The first-order valence-corrected chi connectivity index (χ1v) is 5.05. The van der Waals surface area contributed by atoms with Gasteiger partial charge in [0, 0.05) is 11.1 Å². The number of nitrogens with two attached hydrogens (primary N) is 1. The summed E-state index contributed by atoms with van der Waals surface area (Å²) in [5.41, 5.74) is 8.25. The van der Waals surface area contributed by atoms with E-state index < -0.39 is 0 Å². The molecule has 14 heavy (non-hydrogen) atoms. The van der Waals surface area contributed by atoms with Gasteiger partial charge >= 0.3 is 0 Å². The Morgan fingerprint density at radius 3 is 2.93 bits per heavy atom. The number of nitrogens with one attached hydrogen (secondary N) is 1. The molecule has 72 valence electrons. The molecule has 0 saturated carbocycles. The highest BCUT2D eigenvalue weighted by molar-refractivity contribution is 7.09. The van der Waals surface area contributed by atoms with Crippen molar-refractivity contribution >= 4 is 22.8 Å². The van der Waals surface area contributed by atoms with Crippen molar-refractivity contribution in [2.75, 3.05) is 11.1 Å². The Kier molecular flexibility index (Phi) is 2.60. The molecule has 2 rings (SSSR count). The van der Waals surface area contributed by atoms with Gasteiger partial charge in [-0.2, -0.15) is 0 Å². The minimum Gasteiger partial charge on any atom is -0.384 e. The molecule has 0 bridgehead atoms. The second-order valence-electron chi connectivity index (χ2n) is 2.79. The average molecular weight is 206 g/mol. The molecule has 0 atom stereocenters. The highest BCUT2D eigenvalue weighted by atomic mass is 32.1. The largest absolute Gasteiger partial charge is 0.384 e. The molecule has 0 aromatic carbocycles. The van der Waals surface area contributed by atoms with E-state index in [1.807, 2.05) is 17.8 Å². The summed E-state index contributed by atoms with van der Waals surface area (Å²) < 4.78 is 0. The smallest absolute Gasteiger partial charge is 0.123 e. The lowest BCUT2D eigenvalue weighted by atomic mass is 10.4. The number of hydrogen-bond acceptors (Lipinski definition) is 5. The Bertz CT molecular complexity index is 382.